The van der Waals surface area contributed by atoms with Crippen molar-refractivity contribution in [2.24, 2.45) is 0 Å². The molecule has 7 heteroatoms. The van der Waals surface area contributed by atoms with Crippen molar-refractivity contribution in [2.75, 3.05) is 40.5 Å². The van der Waals surface area contributed by atoms with Crippen LogP contribution >= 0.6 is 11.8 Å². The largest absolute Gasteiger partial charge is 0.497 e. The van der Waals surface area contributed by atoms with Crippen molar-refractivity contribution >= 4 is 29.1 Å². The maximum absolute atomic E-state index is 13.0. The number of Topliss-reactive ketones (excluding diaryl/α,β-unsaturated/α-hetero) is 1. The number of thioether (sulfide) groups is 1. The molecule has 0 amide bonds. The molecular formula is C18H21NO5S. The van der Waals surface area contributed by atoms with E-state index in [0.29, 0.717) is 18.8 Å². The van der Waals surface area contributed by atoms with Crippen LogP contribution < -0.4 is 4.74 Å². The highest BCUT2D eigenvalue weighted by atomic mass is 32.2. The minimum absolute atomic E-state index is 0.0259. The number of carbonyl (C=O) groups excluding carboxylic acids is 2. The molecule has 1 saturated heterocycles. The summed E-state index contributed by atoms with van der Waals surface area (Å²) in [6, 6.07) is 7.44. The number of allylic oxidation sites excluding steroid dienone is 1. The molecule has 1 aromatic rings. The molecule has 0 spiro atoms. The second-order valence-corrected chi connectivity index (χ2v) is 6.95. The summed E-state index contributed by atoms with van der Waals surface area (Å²) < 4.78 is 15.4. The summed E-state index contributed by atoms with van der Waals surface area (Å²) in [5.41, 5.74) is 1.51. The lowest BCUT2D eigenvalue weighted by Gasteiger charge is -2.30. The molecule has 134 valence electrons. The molecule has 25 heavy (non-hydrogen) atoms. The number of morpholine rings is 1. The third-order valence-corrected chi connectivity index (χ3v) is 5.61. The third-order valence-electron chi connectivity index (χ3n) is 4.26. The van der Waals surface area contributed by atoms with Gasteiger partial charge in [0.2, 0.25) is 0 Å². The molecule has 2 heterocycles. The van der Waals surface area contributed by atoms with Gasteiger partial charge in [-0.05, 0) is 17.7 Å². The molecular weight excluding hydrogens is 342 g/mol. The minimum atomic E-state index is -0.442. The SMILES string of the molecule is COC(=O)CC1SC(N2CCOCC2)=C(c2ccc(OC)cc2)C1=O. The topological polar surface area (TPSA) is 65.1 Å². The molecule has 0 saturated carbocycles. The van der Waals surface area contributed by atoms with Crippen LogP contribution in [0.15, 0.2) is 29.3 Å². The monoisotopic (exact) mass is 363 g/mol. The molecule has 0 radical (unpaired) electrons. The van der Waals surface area contributed by atoms with Crippen molar-refractivity contribution in [2.45, 2.75) is 11.7 Å². The van der Waals surface area contributed by atoms with Gasteiger partial charge in [-0.15, -0.1) is 0 Å². The van der Waals surface area contributed by atoms with E-state index in [1.54, 1.807) is 7.11 Å². The summed E-state index contributed by atoms with van der Waals surface area (Å²) in [7, 11) is 2.95. The van der Waals surface area contributed by atoms with Gasteiger partial charge >= 0.3 is 5.97 Å². The van der Waals surface area contributed by atoms with Gasteiger partial charge in [0.15, 0.2) is 5.78 Å². The Kier molecular flexibility index (Phi) is 5.65. The summed E-state index contributed by atoms with van der Waals surface area (Å²) in [4.78, 5) is 26.8. The van der Waals surface area contributed by atoms with E-state index in [1.165, 1.54) is 18.9 Å². The first-order chi connectivity index (χ1) is 12.1. The average molecular weight is 363 g/mol. The van der Waals surface area contributed by atoms with Crippen LogP contribution in [0.25, 0.3) is 5.57 Å². The van der Waals surface area contributed by atoms with E-state index >= 15 is 0 Å². The molecule has 1 atom stereocenters. The highest BCUT2D eigenvalue weighted by Crippen LogP contribution is 2.43. The van der Waals surface area contributed by atoms with Gasteiger partial charge in [-0.3, -0.25) is 9.59 Å². The number of benzene rings is 1. The van der Waals surface area contributed by atoms with Gasteiger partial charge in [-0.2, -0.15) is 0 Å². The van der Waals surface area contributed by atoms with Gasteiger partial charge in [-0.1, -0.05) is 23.9 Å². The fourth-order valence-corrected chi connectivity index (χ4v) is 4.29. The summed E-state index contributed by atoms with van der Waals surface area (Å²) >= 11 is 1.45. The molecule has 1 fully saturated rings. The number of ether oxygens (including phenoxy) is 3. The Balaban J connectivity index is 1.93. The second-order valence-electron chi connectivity index (χ2n) is 5.76. The highest BCUT2D eigenvalue weighted by molar-refractivity contribution is 8.05. The van der Waals surface area contributed by atoms with E-state index < -0.39 is 5.25 Å². The molecule has 6 nitrogen and oxygen atoms in total. The number of ketones is 1. The Labute approximate surface area is 151 Å². The Morgan fingerprint density at radius 2 is 1.92 bits per heavy atom. The van der Waals surface area contributed by atoms with Gasteiger partial charge in [0.05, 0.1) is 49.7 Å². The smallest absolute Gasteiger partial charge is 0.307 e. The van der Waals surface area contributed by atoms with Crippen molar-refractivity contribution < 1.29 is 23.8 Å². The standard InChI is InChI=1S/C18H21NO5S/c1-22-13-5-3-12(4-6-13)16-17(21)14(11-15(20)23-2)25-18(16)19-7-9-24-10-8-19/h3-6,14H,7-11H2,1-2H3. The van der Waals surface area contributed by atoms with Crippen LogP contribution in [0.5, 0.6) is 5.75 Å². The number of carbonyl (C=O) groups is 2. The normalized spacial score (nSPS) is 20.8. The van der Waals surface area contributed by atoms with E-state index in [-0.39, 0.29) is 18.2 Å². The fraction of sp³-hybridized carbons (Fsp3) is 0.444. The number of hydrogen-bond acceptors (Lipinski definition) is 7. The summed E-state index contributed by atoms with van der Waals surface area (Å²) in [5, 5.41) is 0.481. The summed E-state index contributed by atoms with van der Waals surface area (Å²) in [5.74, 6) is 0.340. The number of methoxy groups -OCH3 is 2. The molecule has 0 aliphatic carbocycles. The molecule has 1 aromatic carbocycles. The van der Waals surface area contributed by atoms with E-state index in [4.69, 9.17) is 14.2 Å². The van der Waals surface area contributed by atoms with Crippen LogP contribution in [0.2, 0.25) is 0 Å². The number of hydrogen-bond donors (Lipinski definition) is 0. The number of rotatable bonds is 5. The van der Waals surface area contributed by atoms with Gasteiger partial charge < -0.3 is 19.1 Å². The molecule has 1 unspecified atom stereocenters. The summed E-state index contributed by atoms with van der Waals surface area (Å²) in [6.07, 6.45) is 0.0769. The Morgan fingerprint density at radius 1 is 1.24 bits per heavy atom. The third kappa shape index (κ3) is 3.82. The lowest BCUT2D eigenvalue weighted by Crippen LogP contribution is -2.34. The average Bonchev–Trinajstić information content (AvgIpc) is 2.98. The van der Waals surface area contributed by atoms with Crippen LogP contribution in [0.4, 0.5) is 0 Å². The molecule has 2 aliphatic heterocycles. The molecule has 3 rings (SSSR count). The maximum atomic E-state index is 13.0. The van der Waals surface area contributed by atoms with Gasteiger partial charge in [0.1, 0.15) is 5.75 Å². The Hall–Kier alpha value is -1.99. The van der Waals surface area contributed by atoms with Crippen molar-refractivity contribution in [1.82, 2.24) is 4.90 Å². The predicted octanol–water partition coefficient (Wildman–Crippen LogP) is 1.94. The van der Waals surface area contributed by atoms with Crippen LogP contribution in [-0.2, 0) is 19.1 Å². The van der Waals surface area contributed by atoms with Crippen LogP contribution in [-0.4, -0.2) is 62.4 Å². The Bertz CT molecular complexity index is 679. The van der Waals surface area contributed by atoms with E-state index in [1.807, 2.05) is 24.3 Å². The predicted molar refractivity (Wildman–Crippen MR) is 95.3 cm³/mol. The molecule has 2 aliphatic rings. The van der Waals surface area contributed by atoms with E-state index in [0.717, 1.165) is 29.4 Å². The first kappa shape index (κ1) is 17.8. The summed E-state index contributed by atoms with van der Waals surface area (Å²) in [6.45, 7) is 2.74. The van der Waals surface area contributed by atoms with Crippen molar-refractivity contribution in [3.63, 3.8) is 0 Å². The second kappa shape index (κ2) is 7.93. The van der Waals surface area contributed by atoms with Crippen LogP contribution in [0.1, 0.15) is 12.0 Å². The zero-order valence-electron chi connectivity index (χ0n) is 14.3. The Morgan fingerprint density at radius 3 is 2.52 bits per heavy atom. The fourth-order valence-electron chi connectivity index (χ4n) is 2.91. The number of esters is 1. The first-order valence-electron chi connectivity index (χ1n) is 8.13. The van der Waals surface area contributed by atoms with E-state index in [9.17, 15) is 9.59 Å². The first-order valence-corrected chi connectivity index (χ1v) is 9.01. The van der Waals surface area contributed by atoms with Crippen molar-refractivity contribution in [3.8, 4) is 5.75 Å². The zero-order chi connectivity index (χ0) is 17.8. The zero-order valence-corrected chi connectivity index (χ0v) is 15.1. The van der Waals surface area contributed by atoms with Gasteiger partial charge in [0, 0.05) is 13.1 Å². The van der Waals surface area contributed by atoms with Crippen LogP contribution in [0, 0.1) is 0 Å². The van der Waals surface area contributed by atoms with Crippen LogP contribution in [0.3, 0.4) is 0 Å². The molecule has 0 N–H and O–H groups in total. The lowest BCUT2D eigenvalue weighted by molar-refractivity contribution is -0.141. The van der Waals surface area contributed by atoms with Crippen molar-refractivity contribution in [3.05, 3.63) is 34.9 Å². The highest BCUT2D eigenvalue weighted by Gasteiger charge is 2.38. The van der Waals surface area contributed by atoms with Gasteiger partial charge in [0.25, 0.3) is 0 Å². The molecule has 0 bridgehead atoms. The molecule has 0 aromatic heterocycles. The van der Waals surface area contributed by atoms with E-state index in [2.05, 4.69) is 4.90 Å². The maximum Gasteiger partial charge on any atom is 0.307 e. The number of nitrogens with zero attached hydrogens (tertiary/aromatic N) is 1. The lowest BCUT2D eigenvalue weighted by atomic mass is 9.99. The minimum Gasteiger partial charge on any atom is -0.497 e. The van der Waals surface area contributed by atoms with Gasteiger partial charge in [-0.25, -0.2) is 0 Å². The quantitative estimate of drug-likeness (QED) is 0.741. The van der Waals surface area contributed by atoms with Crippen molar-refractivity contribution in [1.29, 1.82) is 0 Å².